The van der Waals surface area contributed by atoms with Crippen LogP contribution in [0.2, 0.25) is 10.0 Å². The van der Waals surface area contributed by atoms with Gasteiger partial charge in [-0.25, -0.2) is 9.48 Å². The first-order valence-corrected chi connectivity index (χ1v) is 6.40. The van der Waals surface area contributed by atoms with E-state index in [1.54, 1.807) is 4.68 Å². The monoisotopic (exact) mass is 316 g/mol. The molecule has 9 heteroatoms. The van der Waals surface area contributed by atoms with Gasteiger partial charge in [-0.2, -0.15) is 0 Å². The number of hydrogen-bond donors (Lipinski definition) is 1. The van der Waals surface area contributed by atoms with Crippen molar-refractivity contribution < 1.29 is 14.6 Å². The predicted octanol–water partition coefficient (Wildman–Crippen LogP) is 2.15. The molecule has 0 fully saturated rings. The molecule has 20 heavy (non-hydrogen) atoms. The third-order valence-electron chi connectivity index (χ3n) is 2.45. The van der Waals surface area contributed by atoms with Crippen molar-refractivity contribution in [2.24, 2.45) is 0 Å². The Hall–Kier alpha value is -1.86. The molecule has 1 aromatic heterocycles. The Morgan fingerprint density at radius 2 is 2.20 bits per heavy atom. The largest absolute Gasteiger partial charge is 0.490 e. The minimum Gasteiger partial charge on any atom is -0.490 e. The molecule has 2 aromatic rings. The van der Waals surface area contributed by atoms with Crippen LogP contribution in [-0.2, 0) is 6.54 Å². The Morgan fingerprint density at radius 1 is 1.40 bits per heavy atom. The zero-order valence-electron chi connectivity index (χ0n) is 10.2. The van der Waals surface area contributed by atoms with Gasteiger partial charge in [0.25, 0.3) is 0 Å². The molecule has 106 valence electrons. The van der Waals surface area contributed by atoms with Crippen LogP contribution in [0.25, 0.3) is 0 Å². The zero-order chi connectivity index (χ0) is 14.5. The molecule has 1 aromatic carbocycles. The smallest absolute Gasteiger partial charge is 0.337 e. The third-order valence-corrected chi connectivity index (χ3v) is 3.12. The predicted molar refractivity (Wildman–Crippen MR) is 71.4 cm³/mol. The van der Waals surface area contributed by atoms with Gasteiger partial charge in [-0.3, -0.25) is 0 Å². The van der Waals surface area contributed by atoms with Gasteiger partial charge < -0.3 is 9.84 Å². The number of nitrogens with zero attached hydrogens (tertiary/aromatic N) is 4. The maximum atomic E-state index is 11.0. The van der Waals surface area contributed by atoms with Crippen molar-refractivity contribution in [2.75, 3.05) is 6.61 Å². The molecule has 1 heterocycles. The molecule has 1 N–H and O–H groups in total. The molecule has 0 bridgehead atoms. The van der Waals surface area contributed by atoms with Crippen molar-refractivity contribution in [1.29, 1.82) is 0 Å². The Labute approximate surface area is 124 Å². The Morgan fingerprint density at radius 3 is 2.85 bits per heavy atom. The van der Waals surface area contributed by atoms with Crippen LogP contribution >= 0.6 is 23.2 Å². The highest BCUT2D eigenvalue weighted by molar-refractivity contribution is 6.39. The standard InChI is InChI=1S/C11H10Cl2N4O3/c12-8-3-2-7(11(18)19)9(13)10(8)20-5-1-4-17-6-14-15-16-17/h2-3,6H,1,4-5H2,(H,18,19). The van der Waals surface area contributed by atoms with E-state index in [0.29, 0.717) is 19.6 Å². The van der Waals surface area contributed by atoms with Crippen LogP contribution in [0.1, 0.15) is 16.8 Å². The van der Waals surface area contributed by atoms with E-state index in [4.69, 9.17) is 33.0 Å². The lowest BCUT2D eigenvalue weighted by Crippen LogP contribution is -2.07. The highest BCUT2D eigenvalue weighted by atomic mass is 35.5. The summed E-state index contributed by atoms with van der Waals surface area (Å²) in [6.07, 6.45) is 2.11. The number of benzene rings is 1. The first-order valence-electron chi connectivity index (χ1n) is 5.64. The van der Waals surface area contributed by atoms with E-state index < -0.39 is 5.97 Å². The van der Waals surface area contributed by atoms with Crippen LogP contribution in [0.4, 0.5) is 0 Å². The molecule has 0 spiro atoms. The number of hydrogen-bond acceptors (Lipinski definition) is 5. The fourth-order valence-corrected chi connectivity index (χ4v) is 2.07. The number of ether oxygens (including phenoxy) is 1. The molecule has 0 amide bonds. The molecule has 0 unspecified atom stereocenters. The second-order valence-electron chi connectivity index (χ2n) is 3.82. The van der Waals surface area contributed by atoms with Gasteiger partial charge in [0, 0.05) is 13.0 Å². The normalized spacial score (nSPS) is 10.5. The molecule has 7 nitrogen and oxygen atoms in total. The van der Waals surface area contributed by atoms with Crippen molar-refractivity contribution in [1.82, 2.24) is 20.2 Å². The summed E-state index contributed by atoms with van der Waals surface area (Å²) < 4.78 is 7.00. The molecule has 0 radical (unpaired) electrons. The number of carboxylic acid groups (broad SMARTS) is 1. The summed E-state index contributed by atoms with van der Waals surface area (Å²) in [6, 6.07) is 2.77. The number of tetrazole rings is 1. The van der Waals surface area contributed by atoms with Crippen LogP contribution in [0.3, 0.4) is 0 Å². The highest BCUT2D eigenvalue weighted by Crippen LogP contribution is 2.35. The average molecular weight is 317 g/mol. The lowest BCUT2D eigenvalue weighted by Gasteiger charge is -2.11. The quantitative estimate of drug-likeness (QED) is 0.821. The molecule has 0 aliphatic heterocycles. The van der Waals surface area contributed by atoms with Crippen LogP contribution in [0.5, 0.6) is 5.75 Å². The minimum absolute atomic E-state index is 0.00702. The van der Waals surface area contributed by atoms with Crippen molar-refractivity contribution in [2.45, 2.75) is 13.0 Å². The van der Waals surface area contributed by atoms with Crippen molar-refractivity contribution in [3.05, 3.63) is 34.1 Å². The maximum absolute atomic E-state index is 11.0. The molecule has 0 aliphatic carbocycles. The number of carbonyl (C=O) groups is 1. The lowest BCUT2D eigenvalue weighted by molar-refractivity contribution is 0.0696. The molecular weight excluding hydrogens is 307 g/mol. The minimum atomic E-state index is -1.13. The van der Waals surface area contributed by atoms with Crippen molar-refractivity contribution >= 4 is 29.2 Å². The van der Waals surface area contributed by atoms with E-state index in [0.717, 1.165) is 0 Å². The number of halogens is 2. The Kier molecular flexibility index (Phi) is 4.75. The molecular formula is C11H10Cl2N4O3. The highest BCUT2D eigenvalue weighted by Gasteiger charge is 2.16. The van der Waals surface area contributed by atoms with Crippen molar-refractivity contribution in [3.63, 3.8) is 0 Å². The molecule has 2 rings (SSSR count). The van der Waals surface area contributed by atoms with E-state index in [1.165, 1.54) is 18.5 Å². The van der Waals surface area contributed by atoms with Gasteiger partial charge in [0.05, 0.1) is 22.2 Å². The number of carboxylic acids is 1. The van der Waals surface area contributed by atoms with Gasteiger partial charge in [0.1, 0.15) is 6.33 Å². The van der Waals surface area contributed by atoms with Gasteiger partial charge in [-0.15, -0.1) is 5.10 Å². The number of aromatic nitrogens is 4. The molecule has 0 saturated heterocycles. The number of aryl methyl sites for hydroxylation is 1. The van der Waals surface area contributed by atoms with Crippen LogP contribution in [0.15, 0.2) is 18.5 Å². The van der Waals surface area contributed by atoms with Crippen LogP contribution in [-0.4, -0.2) is 37.9 Å². The summed E-state index contributed by atoms with van der Waals surface area (Å²) in [5.41, 5.74) is -0.0495. The van der Waals surface area contributed by atoms with Gasteiger partial charge in [-0.05, 0) is 22.6 Å². The summed E-state index contributed by atoms with van der Waals surface area (Å²) in [5.74, 6) is -0.963. The van der Waals surface area contributed by atoms with Crippen LogP contribution < -0.4 is 4.74 Å². The zero-order valence-corrected chi connectivity index (χ0v) is 11.7. The van der Waals surface area contributed by atoms with Gasteiger partial charge in [0.2, 0.25) is 0 Å². The Bertz CT molecular complexity index is 604. The average Bonchev–Trinajstić information content (AvgIpc) is 2.90. The summed E-state index contributed by atoms with van der Waals surface area (Å²) in [7, 11) is 0. The first-order chi connectivity index (χ1) is 9.59. The second-order valence-corrected chi connectivity index (χ2v) is 4.60. The molecule has 0 aliphatic rings. The fraction of sp³-hybridized carbons (Fsp3) is 0.273. The number of rotatable bonds is 6. The van der Waals surface area contributed by atoms with E-state index in [2.05, 4.69) is 15.5 Å². The van der Waals surface area contributed by atoms with E-state index in [1.807, 2.05) is 0 Å². The third kappa shape index (κ3) is 3.37. The van der Waals surface area contributed by atoms with Gasteiger partial charge >= 0.3 is 5.97 Å². The summed E-state index contributed by atoms with van der Waals surface area (Å²) in [6.45, 7) is 0.878. The summed E-state index contributed by atoms with van der Waals surface area (Å²) in [5, 5.41) is 19.9. The SMILES string of the molecule is O=C(O)c1ccc(Cl)c(OCCCn2cnnn2)c1Cl. The second kappa shape index (κ2) is 6.53. The van der Waals surface area contributed by atoms with E-state index in [-0.39, 0.29) is 21.4 Å². The first kappa shape index (κ1) is 14.5. The molecule has 0 atom stereocenters. The lowest BCUT2D eigenvalue weighted by atomic mass is 10.2. The van der Waals surface area contributed by atoms with Crippen molar-refractivity contribution in [3.8, 4) is 5.75 Å². The fourth-order valence-electron chi connectivity index (χ4n) is 1.51. The number of aromatic carboxylic acids is 1. The van der Waals surface area contributed by atoms with E-state index >= 15 is 0 Å². The topological polar surface area (TPSA) is 90.1 Å². The van der Waals surface area contributed by atoms with Crippen LogP contribution in [0, 0.1) is 0 Å². The van der Waals surface area contributed by atoms with Gasteiger partial charge in [0.15, 0.2) is 5.75 Å². The maximum Gasteiger partial charge on any atom is 0.337 e. The van der Waals surface area contributed by atoms with E-state index in [9.17, 15) is 4.79 Å². The summed E-state index contributed by atoms with van der Waals surface area (Å²) >= 11 is 11.9. The molecule has 0 saturated carbocycles. The summed E-state index contributed by atoms with van der Waals surface area (Å²) in [4.78, 5) is 11.0. The Balaban J connectivity index is 1.98. The van der Waals surface area contributed by atoms with Gasteiger partial charge in [-0.1, -0.05) is 23.2 Å².